The minimum absolute atomic E-state index is 0.0290. The van der Waals surface area contributed by atoms with Crippen molar-refractivity contribution in [1.82, 2.24) is 4.31 Å². The van der Waals surface area contributed by atoms with Gasteiger partial charge in [-0.25, -0.2) is 8.42 Å². The lowest BCUT2D eigenvalue weighted by Gasteiger charge is -2.40. The van der Waals surface area contributed by atoms with E-state index in [0.717, 1.165) is 0 Å². The van der Waals surface area contributed by atoms with Crippen LogP contribution in [0.25, 0.3) is 0 Å². The molecule has 3 atom stereocenters. The third kappa shape index (κ3) is 6.14. The van der Waals surface area contributed by atoms with Gasteiger partial charge >= 0.3 is 0 Å². The van der Waals surface area contributed by atoms with Crippen LogP contribution in [0, 0.1) is 10.1 Å². The quantitative estimate of drug-likeness (QED) is 0.257. The maximum Gasteiger partial charge on any atom is 0.269 e. The normalized spacial score (nSPS) is 22.5. The zero-order chi connectivity index (χ0) is 24.3. The molecule has 1 aromatic carbocycles. The lowest BCUT2D eigenvalue weighted by Crippen LogP contribution is -2.47. The summed E-state index contributed by atoms with van der Waals surface area (Å²) in [5.41, 5.74) is -0.181. The number of nitrogens with zero attached hydrogens (tertiary/aromatic N) is 2. The van der Waals surface area contributed by atoms with E-state index < -0.39 is 35.4 Å². The van der Waals surface area contributed by atoms with Crippen molar-refractivity contribution in [2.75, 3.05) is 6.54 Å². The minimum Gasteiger partial charge on any atom is -0.414 e. The van der Waals surface area contributed by atoms with E-state index in [9.17, 15) is 23.6 Å². The summed E-state index contributed by atoms with van der Waals surface area (Å²) in [6.07, 6.45) is 4.54. The predicted octanol–water partition coefficient (Wildman–Crippen LogP) is 4.24. The molecule has 178 valence electrons. The fourth-order valence-corrected chi connectivity index (χ4v) is 6.31. The average molecular weight is 483 g/mol. The van der Waals surface area contributed by atoms with Gasteiger partial charge in [-0.3, -0.25) is 10.1 Å². The Bertz CT molecular complexity index is 954. The summed E-state index contributed by atoms with van der Waals surface area (Å²) in [6.45, 7) is 14.4. The van der Waals surface area contributed by atoms with E-state index in [4.69, 9.17) is 4.43 Å². The van der Waals surface area contributed by atoms with E-state index in [1.54, 1.807) is 12.2 Å². The van der Waals surface area contributed by atoms with Gasteiger partial charge in [0.2, 0.25) is 10.0 Å². The van der Waals surface area contributed by atoms with Crippen LogP contribution in [0.4, 0.5) is 5.69 Å². The third-order valence-electron chi connectivity index (χ3n) is 6.16. The summed E-state index contributed by atoms with van der Waals surface area (Å²) in [4.78, 5) is 10.3. The van der Waals surface area contributed by atoms with Gasteiger partial charge in [0.1, 0.15) is 0 Å². The molecule has 1 aromatic rings. The lowest BCUT2D eigenvalue weighted by atomic mass is 10.1. The highest BCUT2D eigenvalue weighted by atomic mass is 32.2. The summed E-state index contributed by atoms with van der Waals surface area (Å²) in [7, 11) is -6.12. The van der Waals surface area contributed by atoms with Gasteiger partial charge in [0.25, 0.3) is 5.69 Å². The van der Waals surface area contributed by atoms with Crippen LogP contribution in [0.5, 0.6) is 0 Å². The summed E-state index contributed by atoms with van der Waals surface area (Å²) in [6, 6.07) is 4.27. The van der Waals surface area contributed by atoms with Gasteiger partial charge in [-0.2, -0.15) is 4.31 Å². The van der Waals surface area contributed by atoms with E-state index in [2.05, 4.69) is 40.4 Å². The van der Waals surface area contributed by atoms with Crippen molar-refractivity contribution in [3.63, 3.8) is 0 Å². The van der Waals surface area contributed by atoms with Gasteiger partial charge in [0.15, 0.2) is 8.32 Å². The molecule has 0 unspecified atom stereocenters. The monoisotopic (exact) mass is 482 g/mol. The molecule has 8 nitrogen and oxygen atoms in total. The smallest absolute Gasteiger partial charge is 0.269 e. The van der Waals surface area contributed by atoms with Crippen molar-refractivity contribution < 1.29 is 22.9 Å². The SMILES string of the molecule is C=CCN([C@@H]1C=C[C@@H](O)C[C@@H](O[Si](C)(C)C(C)(C)C)C1)S(=O)(=O)c1ccc([N+](=O)[O-])cc1. The van der Waals surface area contributed by atoms with Crippen LogP contribution < -0.4 is 0 Å². The van der Waals surface area contributed by atoms with Gasteiger partial charge in [0.05, 0.1) is 15.9 Å². The molecule has 10 heteroatoms. The molecule has 0 aliphatic heterocycles. The molecule has 0 amide bonds. The highest BCUT2D eigenvalue weighted by Gasteiger charge is 2.41. The molecule has 1 aliphatic carbocycles. The van der Waals surface area contributed by atoms with E-state index in [0.29, 0.717) is 12.8 Å². The molecule has 0 radical (unpaired) electrons. The van der Waals surface area contributed by atoms with Crippen LogP contribution in [-0.2, 0) is 14.4 Å². The average Bonchev–Trinajstić information content (AvgIpc) is 2.85. The first-order valence-corrected chi connectivity index (χ1v) is 15.0. The molecule has 0 aromatic heterocycles. The van der Waals surface area contributed by atoms with E-state index in [-0.39, 0.29) is 28.3 Å². The number of aliphatic hydroxyl groups excluding tert-OH is 1. The number of hydrogen-bond acceptors (Lipinski definition) is 6. The highest BCUT2D eigenvalue weighted by Crippen LogP contribution is 2.39. The number of hydrogen-bond donors (Lipinski definition) is 1. The Morgan fingerprint density at radius 2 is 1.84 bits per heavy atom. The fourth-order valence-electron chi connectivity index (χ4n) is 3.37. The van der Waals surface area contributed by atoms with Gasteiger partial charge in [-0.15, -0.1) is 6.58 Å². The number of aliphatic hydroxyl groups is 1. The first-order chi connectivity index (χ1) is 14.7. The molecule has 1 aliphatic rings. The van der Waals surface area contributed by atoms with Gasteiger partial charge in [-0.05, 0) is 36.7 Å². The number of benzene rings is 1. The molecule has 32 heavy (non-hydrogen) atoms. The Morgan fingerprint density at radius 1 is 1.25 bits per heavy atom. The largest absolute Gasteiger partial charge is 0.414 e. The molecule has 0 spiro atoms. The maximum atomic E-state index is 13.4. The maximum absolute atomic E-state index is 13.4. The van der Waals surface area contributed by atoms with E-state index in [1.807, 2.05) is 0 Å². The fraction of sp³-hybridized carbons (Fsp3) is 0.545. The Balaban J connectivity index is 2.38. The van der Waals surface area contributed by atoms with Crippen molar-refractivity contribution in [2.24, 2.45) is 0 Å². The van der Waals surface area contributed by atoms with Crippen molar-refractivity contribution in [3.8, 4) is 0 Å². The summed E-state index contributed by atoms with van der Waals surface area (Å²) in [5.74, 6) is 0. The highest BCUT2D eigenvalue weighted by molar-refractivity contribution is 7.89. The summed E-state index contributed by atoms with van der Waals surface area (Å²) in [5, 5.41) is 21.3. The van der Waals surface area contributed by atoms with Crippen LogP contribution in [0.15, 0.2) is 54.0 Å². The Labute approximate surface area is 191 Å². The second kappa shape index (κ2) is 9.96. The number of sulfonamides is 1. The number of nitro benzene ring substituents is 1. The van der Waals surface area contributed by atoms with Crippen LogP contribution >= 0.6 is 0 Å². The first-order valence-electron chi connectivity index (χ1n) is 10.6. The number of rotatable bonds is 8. The van der Waals surface area contributed by atoms with E-state index >= 15 is 0 Å². The molecule has 0 saturated carbocycles. The molecule has 0 saturated heterocycles. The molecular formula is C22H34N2O6SSi. The minimum atomic E-state index is -3.97. The second-order valence-electron chi connectivity index (χ2n) is 9.61. The first kappa shape index (κ1) is 26.4. The second-order valence-corrected chi connectivity index (χ2v) is 16.3. The zero-order valence-electron chi connectivity index (χ0n) is 19.4. The van der Waals surface area contributed by atoms with Crippen molar-refractivity contribution in [3.05, 3.63) is 59.2 Å². The van der Waals surface area contributed by atoms with Crippen molar-refractivity contribution in [2.45, 2.75) is 74.9 Å². The van der Waals surface area contributed by atoms with Crippen molar-refractivity contribution >= 4 is 24.0 Å². The van der Waals surface area contributed by atoms with Crippen LogP contribution in [-0.4, -0.2) is 55.9 Å². The van der Waals surface area contributed by atoms with Crippen LogP contribution in [0.3, 0.4) is 0 Å². The van der Waals surface area contributed by atoms with Gasteiger partial charge < -0.3 is 9.53 Å². The number of non-ortho nitro benzene ring substituents is 1. The Hall–Kier alpha value is -1.85. The molecule has 0 fully saturated rings. The molecule has 2 rings (SSSR count). The lowest BCUT2D eigenvalue weighted by molar-refractivity contribution is -0.384. The third-order valence-corrected chi connectivity index (χ3v) is 12.6. The summed E-state index contributed by atoms with van der Waals surface area (Å²) < 4.78 is 34.7. The zero-order valence-corrected chi connectivity index (χ0v) is 21.2. The van der Waals surface area contributed by atoms with Crippen molar-refractivity contribution in [1.29, 1.82) is 0 Å². The Morgan fingerprint density at radius 3 is 2.34 bits per heavy atom. The topological polar surface area (TPSA) is 110 Å². The van der Waals surface area contributed by atoms with Gasteiger partial charge in [0, 0.05) is 37.2 Å². The van der Waals surface area contributed by atoms with Crippen LogP contribution in [0.2, 0.25) is 18.1 Å². The standard InChI is InChI=1S/C22H34N2O6SSi/c1-7-14-23(31(28,29)21-12-9-17(10-13-21)24(26)27)18-8-11-19(25)16-20(15-18)30-32(5,6)22(2,3)4/h7-13,18-20,25H,1,14-16H2,2-6H3/t18-,19-,20+/m1/s1. The van der Waals surface area contributed by atoms with Crippen LogP contribution in [0.1, 0.15) is 33.6 Å². The predicted molar refractivity (Wildman–Crippen MR) is 127 cm³/mol. The Kier molecular flexibility index (Phi) is 8.22. The van der Waals surface area contributed by atoms with Gasteiger partial charge in [-0.1, -0.05) is 39.0 Å². The van der Waals surface area contributed by atoms with E-state index in [1.165, 1.54) is 34.6 Å². The summed E-state index contributed by atoms with van der Waals surface area (Å²) >= 11 is 0. The molecular weight excluding hydrogens is 448 g/mol. The molecule has 0 bridgehead atoms. The number of nitro groups is 1. The molecule has 0 heterocycles. The molecule has 1 N–H and O–H groups in total.